The van der Waals surface area contributed by atoms with Crippen LogP contribution < -0.4 is 0 Å². The molecule has 0 aromatic heterocycles. The summed E-state index contributed by atoms with van der Waals surface area (Å²) in [4.78, 5) is 15.5. The standard InChI is InChI=1S/C14H21BN2O2/c1-11-8-16(9-12-5-3-2-4-6-12)10-13(17(11)15)7-14(18)19/h2-6,11,13H,7-10,15H2,1H3,(H,18,19). The van der Waals surface area contributed by atoms with Gasteiger partial charge in [-0.2, -0.15) is 0 Å². The van der Waals surface area contributed by atoms with Crippen LogP contribution >= 0.6 is 0 Å². The number of hydrogen-bond acceptors (Lipinski definition) is 3. The molecule has 1 aliphatic heterocycles. The second-order valence-electron chi connectivity index (χ2n) is 5.45. The molecule has 4 nitrogen and oxygen atoms in total. The summed E-state index contributed by atoms with van der Waals surface area (Å²) < 4.78 is 0. The lowest BCUT2D eigenvalue weighted by Crippen LogP contribution is -2.56. The molecule has 2 rings (SSSR count). The highest BCUT2D eigenvalue weighted by molar-refractivity contribution is 6.05. The summed E-state index contributed by atoms with van der Waals surface area (Å²) in [5.74, 6) is -0.717. The first-order valence-electron chi connectivity index (χ1n) is 6.76. The maximum absolute atomic E-state index is 10.9. The zero-order valence-corrected chi connectivity index (χ0v) is 11.6. The van der Waals surface area contributed by atoms with E-state index in [2.05, 4.69) is 28.8 Å². The number of carboxylic acids is 1. The molecule has 0 amide bonds. The number of aliphatic carboxylic acids is 1. The van der Waals surface area contributed by atoms with Crippen LogP contribution in [0.2, 0.25) is 0 Å². The Kier molecular flexibility index (Phi) is 4.61. The van der Waals surface area contributed by atoms with Crippen molar-refractivity contribution in [2.75, 3.05) is 13.1 Å². The van der Waals surface area contributed by atoms with Gasteiger partial charge in [0.15, 0.2) is 7.98 Å². The summed E-state index contributed by atoms with van der Waals surface area (Å²) in [6.45, 7) is 4.87. The van der Waals surface area contributed by atoms with E-state index in [-0.39, 0.29) is 12.5 Å². The highest BCUT2D eigenvalue weighted by Gasteiger charge is 2.30. The topological polar surface area (TPSA) is 43.8 Å². The lowest BCUT2D eigenvalue weighted by atomic mass is 9.99. The molecule has 1 heterocycles. The predicted molar refractivity (Wildman–Crippen MR) is 77.6 cm³/mol. The van der Waals surface area contributed by atoms with Crippen molar-refractivity contribution in [3.8, 4) is 0 Å². The molecule has 0 spiro atoms. The minimum absolute atomic E-state index is 0.102. The zero-order chi connectivity index (χ0) is 13.8. The summed E-state index contributed by atoms with van der Waals surface area (Å²) in [7, 11) is 2.03. The van der Waals surface area contributed by atoms with Gasteiger partial charge in [-0.15, -0.1) is 0 Å². The fraction of sp³-hybridized carbons (Fsp3) is 0.500. The number of piperazine rings is 1. The maximum Gasteiger partial charge on any atom is 0.304 e. The van der Waals surface area contributed by atoms with Crippen molar-refractivity contribution in [1.82, 2.24) is 9.71 Å². The first kappa shape index (κ1) is 14.1. The SMILES string of the molecule is BN1C(C)CN(Cc2ccccc2)CC1CC(=O)O. The van der Waals surface area contributed by atoms with Crippen LogP contribution in [0.25, 0.3) is 0 Å². The average molecular weight is 260 g/mol. The van der Waals surface area contributed by atoms with Crippen LogP contribution in [0.1, 0.15) is 18.9 Å². The highest BCUT2D eigenvalue weighted by Crippen LogP contribution is 2.18. The molecular formula is C14H21BN2O2. The van der Waals surface area contributed by atoms with Crippen LogP contribution in [0, 0.1) is 0 Å². The Hall–Kier alpha value is -1.33. The molecule has 0 saturated carbocycles. The molecule has 1 aromatic carbocycles. The molecule has 2 unspecified atom stereocenters. The third-order valence-corrected chi connectivity index (χ3v) is 3.92. The minimum Gasteiger partial charge on any atom is -0.481 e. The van der Waals surface area contributed by atoms with Gasteiger partial charge in [0.1, 0.15) is 0 Å². The smallest absolute Gasteiger partial charge is 0.304 e. The summed E-state index contributed by atoms with van der Waals surface area (Å²) in [5.41, 5.74) is 1.29. The van der Waals surface area contributed by atoms with Crippen LogP contribution in [0.15, 0.2) is 30.3 Å². The lowest BCUT2D eigenvalue weighted by Gasteiger charge is -2.44. The highest BCUT2D eigenvalue weighted by atomic mass is 16.4. The number of nitrogens with zero attached hydrogens (tertiary/aromatic N) is 2. The van der Waals surface area contributed by atoms with Gasteiger partial charge in [0.2, 0.25) is 0 Å². The second-order valence-corrected chi connectivity index (χ2v) is 5.45. The van der Waals surface area contributed by atoms with E-state index in [9.17, 15) is 4.79 Å². The Labute approximate surface area is 115 Å². The largest absolute Gasteiger partial charge is 0.481 e. The number of hydrogen-bond donors (Lipinski definition) is 1. The first-order valence-corrected chi connectivity index (χ1v) is 6.76. The summed E-state index contributed by atoms with van der Waals surface area (Å²) >= 11 is 0. The van der Waals surface area contributed by atoms with Crippen LogP contribution in [-0.2, 0) is 11.3 Å². The summed E-state index contributed by atoms with van der Waals surface area (Å²) in [5, 5.41) is 9.00. The van der Waals surface area contributed by atoms with E-state index >= 15 is 0 Å². The Morgan fingerprint density at radius 1 is 1.37 bits per heavy atom. The monoisotopic (exact) mass is 260 g/mol. The number of carboxylic acid groups (broad SMARTS) is 1. The van der Waals surface area contributed by atoms with E-state index in [0.29, 0.717) is 6.04 Å². The van der Waals surface area contributed by atoms with E-state index in [4.69, 9.17) is 5.11 Å². The van der Waals surface area contributed by atoms with Gasteiger partial charge in [-0.3, -0.25) is 9.69 Å². The quantitative estimate of drug-likeness (QED) is 0.804. The van der Waals surface area contributed by atoms with Crippen molar-refractivity contribution in [1.29, 1.82) is 0 Å². The number of benzene rings is 1. The van der Waals surface area contributed by atoms with Crippen molar-refractivity contribution in [2.45, 2.75) is 32.0 Å². The third kappa shape index (κ3) is 3.82. The Morgan fingerprint density at radius 3 is 2.68 bits per heavy atom. The molecule has 1 aliphatic rings. The average Bonchev–Trinajstić information content (AvgIpc) is 2.36. The molecule has 0 bridgehead atoms. The minimum atomic E-state index is -0.717. The van der Waals surface area contributed by atoms with Gasteiger partial charge in [-0.05, 0) is 12.5 Å². The molecule has 0 radical (unpaired) electrons. The summed E-state index contributed by atoms with van der Waals surface area (Å²) in [6, 6.07) is 10.8. The van der Waals surface area contributed by atoms with Gasteiger partial charge < -0.3 is 9.92 Å². The van der Waals surface area contributed by atoms with E-state index in [1.54, 1.807) is 0 Å². The van der Waals surface area contributed by atoms with Gasteiger partial charge in [0.25, 0.3) is 0 Å². The molecule has 19 heavy (non-hydrogen) atoms. The lowest BCUT2D eigenvalue weighted by molar-refractivity contribution is -0.138. The Bertz CT molecular complexity index is 427. The second kappa shape index (κ2) is 6.22. The van der Waals surface area contributed by atoms with Crippen LogP contribution in [0.5, 0.6) is 0 Å². The third-order valence-electron chi connectivity index (χ3n) is 3.92. The molecule has 5 heteroatoms. The Morgan fingerprint density at radius 2 is 2.05 bits per heavy atom. The Balaban J connectivity index is 2.00. The fourth-order valence-corrected chi connectivity index (χ4v) is 2.74. The van der Waals surface area contributed by atoms with Gasteiger partial charge in [0.05, 0.1) is 6.42 Å². The normalized spacial score (nSPS) is 25.3. The van der Waals surface area contributed by atoms with Gasteiger partial charge in [0, 0.05) is 31.7 Å². The van der Waals surface area contributed by atoms with Crippen LogP contribution in [0.4, 0.5) is 0 Å². The predicted octanol–water partition coefficient (Wildman–Crippen LogP) is 0.584. The molecule has 2 atom stereocenters. The molecule has 1 N–H and O–H groups in total. The molecule has 1 fully saturated rings. The van der Waals surface area contributed by atoms with E-state index in [0.717, 1.165) is 19.6 Å². The van der Waals surface area contributed by atoms with Gasteiger partial charge in [-0.1, -0.05) is 30.3 Å². The van der Waals surface area contributed by atoms with E-state index < -0.39 is 5.97 Å². The van der Waals surface area contributed by atoms with E-state index in [1.165, 1.54) is 5.56 Å². The maximum atomic E-state index is 10.9. The van der Waals surface area contributed by atoms with Crippen LogP contribution in [0.3, 0.4) is 0 Å². The van der Waals surface area contributed by atoms with Crippen LogP contribution in [-0.4, -0.2) is 53.9 Å². The number of rotatable bonds is 4. The van der Waals surface area contributed by atoms with Crippen molar-refractivity contribution in [2.24, 2.45) is 0 Å². The molecular weight excluding hydrogens is 239 g/mol. The first-order chi connectivity index (χ1) is 9.06. The van der Waals surface area contributed by atoms with Gasteiger partial charge >= 0.3 is 5.97 Å². The number of carbonyl (C=O) groups is 1. The molecule has 102 valence electrons. The molecule has 0 aliphatic carbocycles. The van der Waals surface area contributed by atoms with E-state index in [1.807, 2.05) is 26.2 Å². The summed E-state index contributed by atoms with van der Waals surface area (Å²) in [6.07, 6.45) is 0.214. The van der Waals surface area contributed by atoms with Crippen molar-refractivity contribution in [3.05, 3.63) is 35.9 Å². The molecule has 1 saturated heterocycles. The molecule has 1 aromatic rings. The zero-order valence-electron chi connectivity index (χ0n) is 11.6. The van der Waals surface area contributed by atoms with Crippen molar-refractivity contribution >= 4 is 14.0 Å². The van der Waals surface area contributed by atoms with Gasteiger partial charge in [-0.25, -0.2) is 0 Å². The van der Waals surface area contributed by atoms with Crippen molar-refractivity contribution in [3.63, 3.8) is 0 Å². The van der Waals surface area contributed by atoms with Crippen molar-refractivity contribution < 1.29 is 9.90 Å². The fourth-order valence-electron chi connectivity index (χ4n) is 2.74.